The van der Waals surface area contributed by atoms with Crippen molar-refractivity contribution in [2.24, 2.45) is 0 Å². The Kier molecular flexibility index (Phi) is 2.82. The molecule has 1 N–H and O–H groups in total. The van der Waals surface area contributed by atoms with Gasteiger partial charge >= 0.3 is 0 Å². The molecule has 4 heteroatoms. The zero-order chi connectivity index (χ0) is 13.5. The van der Waals surface area contributed by atoms with Crippen molar-refractivity contribution in [3.05, 3.63) is 47.7 Å². The van der Waals surface area contributed by atoms with Crippen molar-refractivity contribution in [2.45, 2.75) is 39.0 Å². The molecule has 0 saturated heterocycles. The van der Waals surface area contributed by atoms with Crippen molar-refractivity contribution in [3.63, 3.8) is 0 Å². The Hall–Kier alpha value is -1.81. The summed E-state index contributed by atoms with van der Waals surface area (Å²) in [6, 6.07) is 8.27. The van der Waals surface area contributed by atoms with E-state index in [9.17, 15) is 0 Å². The number of rotatable bonds is 3. The first-order valence-corrected chi connectivity index (χ1v) is 6.49. The van der Waals surface area contributed by atoms with Crippen LogP contribution in [0.15, 0.2) is 34.9 Å². The molecule has 1 unspecified atom stereocenters. The molecule has 0 fully saturated rings. The first kappa shape index (κ1) is 12.2. The molecule has 0 spiro atoms. The SMILES string of the molecule is Cc1cnc(CNC2c3ccccc3OC2(C)C)o1. The monoisotopic (exact) mass is 258 g/mol. The van der Waals surface area contributed by atoms with Gasteiger partial charge in [-0.3, -0.25) is 5.32 Å². The van der Waals surface area contributed by atoms with E-state index in [0.717, 1.165) is 11.5 Å². The van der Waals surface area contributed by atoms with Crippen molar-refractivity contribution in [1.82, 2.24) is 10.3 Å². The topological polar surface area (TPSA) is 47.3 Å². The number of aryl methyl sites for hydroxylation is 1. The van der Waals surface area contributed by atoms with Crippen LogP contribution in [0.3, 0.4) is 0 Å². The van der Waals surface area contributed by atoms with E-state index in [1.807, 2.05) is 25.1 Å². The third-order valence-corrected chi connectivity index (χ3v) is 3.42. The highest BCUT2D eigenvalue weighted by molar-refractivity contribution is 5.42. The zero-order valence-corrected chi connectivity index (χ0v) is 11.4. The molecular formula is C15H18N2O2. The summed E-state index contributed by atoms with van der Waals surface area (Å²) in [4.78, 5) is 4.21. The molecule has 100 valence electrons. The second-order valence-electron chi connectivity index (χ2n) is 5.42. The molecule has 0 amide bonds. The highest BCUT2D eigenvalue weighted by Crippen LogP contribution is 2.42. The summed E-state index contributed by atoms with van der Waals surface area (Å²) >= 11 is 0. The Labute approximate surface area is 112 Å². The Balaban J connectivity index is 1.79. The maximum atomic E-state index is 5.99. The van der Waals surface area contributed by atoms with Gasteiger partial charge in [0.15, 0.2) is 0 Å². The molecule has 19 heavy (non-hydrogen) atoms. The van der Waals surface area contributed by atoms with Gasteiger partial charge in [-0.15, -0.1) is 0 Å². The van der Waals surface area contributed by atoms with E-state index in [2.05, 4.69) is 30.2 Å². The van der Waals surface area contributed by atoms with Crippen LogP contribution in [0.5, 0.6) is 5.75 Å². The number of nitrogens with zero attached hydrogens (tertiary/aromatic N) is 1. The van der Waals surface area contributed by atoms with Gasteiger partial charge in [0.25, 0.3) is 0 Å². The van der Waals surface area contributed by atoms with Crippen molar-refractivity contribution < 1.29 is 9.15 Å². The van der Waals surface area contributed by atoms with Crippen LogP contribution in [0.25, 0.3) is 0 Å². The maximum Gasteiger partial charge on any atom is 0.208 e. The quantitative estimate of drug-likeness (QED) is 0.919. The molecule has 4 nitrogen and oxygen atoms in total. The largest absolute Gasteiger partial charge is 0.486 e. The van der Waals surface area contributed by atoms with Crippen molar-refractivity contribution in [1.29, 1.82) is 0 Å². The molecule has 2 aromatic rings. The molecule has 0 aliphatic carbocycles. The highest BCUT2D eigenvalue weighted by atomic mass is 16.5. The van der Waals surface area contributed by atoms with Crippen LogP contribution in [-0.4, -0.2) is 10.6 Å². The minimum atomic E-state index is -0.272. The van der Waals surface area contributed by atoms with Crippen molar-refractivity contribution >= 4 is 0 Å². The number of benzene rings is 1. The van der Waals surface area contributed by atoms with Crippen LogP contribution in [0.4, 0.5) is 0 Å². The smallest absolute Gasteiger partial charge is 0.208 e. The summed E-state index contributed by atoms with van der Waals surface area (Å²) in [7, 11) is 0. The van der Waals surface area contributed by atoms with Crippen LogP contribution in [0.2, 0.25) is 0 Å². The minimum Gasteiger partial charge on any atom is -0.486 e. The molecule has 0 bridgehead atoms. The number of hydrogen-bond acceptors (Lipinski definition) is 4. The normalized spacial score (nSPS) is 20.1. The zero-order valence-electron chi connectivity index (χ0n) is 11.4. The first-order valence-electron chi connectivity index (χ1n) is 6.49. The van der Waals surface area contributed by atoms with E-state index < -0.39 is 0 Å². The fourth-order valence-corrected chi connectivity index (χ4v) is 2.56. The number of oxazole rings is 1. The first-order chi connectivity index (χ1) is 9.06. The number of hydrogen-bond donors (Lipinski definition) is 1. The Bertz CT molecular complexity index is 589. The predicted molar refractivity (Wildman–Crippen MR) is 72.0 cm³/mol. The standard InChI is InChI=1S/C15H18N2O2/c1-10-8-16-13(18-10)9-17-14-11-6-4-5-7-12(11)19-15(14,2)3/h4-8,14,17H,9H2,1-3H3. The van der Waals surface area contributed by atoms with E-state index >= 15 is 0 Å². The van der Waals surface area contributed by atoms with Crippen molar-refractivity contribution in [2.75, 3.05) is 0 Å². The molecule has 1 aromatic carbocycles. The highest BCUT2D eigenvalue weighted by Gasteiger charge is 2.40. The van der Waals surface area contributed by atoms with E-state index in [1.54, 1.807) is 6.20 Å². The molecule has 1 aromatic heterocycles. The summed E-state index contributed by atoms with van der Waals surface area (Å²) in [5.41, 5.74) is 0.918. The van der Waals surface area contributed by atoms with E-state index in [-0.39, 0.29) is 11.6 Å². The number of ether oxygens (including phenoxy) is 1. The van der Waals surface area contributed by atoms with Gasteiger partial charge < -0.3 is 9.15 Å². The third kappa shape index (κ3) is 2.24. The lowest BCUT2D eigenvalue weighted by atomic mass is 9.94. The van der Waals surface area contributed by atoms with Gasteiger partial charge in [-0.1, -0.05) is 18.2 Å². The van der Waals surface area contributed by atoms with Crippen LogP contribution in [-0.2, 0) is 6.54 Å². The molecule has 0 saturated carbocycles. The average Bonchev–Trinajstić information content (AvgIpc) is 2.87. The van der Waals surface area contributed by atoms with Crippen LogP contribution >= 0.6 is 0 Å². The molecule has 0 radical (unpaired) electrons. The summed E-state index contributed by atoms with van der Waals surface area (Å²) < 4.78 is 11.5. The maximum absolute atomic E-state index is 5.99. The van der Waals surface area contributed by atoms with Gasteiger partial charge in [-0.2, -0.15) is 0 Å². The summed E-state index contributed by atoms with van der Waals surface area (Å²) in [5.74, 6) is 2.49. The van der Waals surface area contributed by atoms with Crippen molar-refractivity contribution in [3.8, 4) is 5.75 Å². The van der Waals surface area contributed by atoms with Gasteiger partial charge in [-0.25, -0.2) is 4.98 Å². The predicted octanol–water partition coefficient (Wildman–Crippen LogP) is 2.98. The summed E-state index contributed by atoms with van der Waals surface area (Å²) in [6.07, 6.45) is 1.74. The van der Waals surface area contributed by atoms with E-state index in [1.165, 1.54) is 5.56 Å². The minimum absolute atomic E-state index is 0.135. The summed E-state index contributed by atoms with van der Waals surface area (Å²) in [5, 5.41) is 3.48. The molecule has 1 atom stereocenters. The Morgan fingerprint density at radius 3 is 2.84 bits per heavy atom. The Morgan fingerprint density at radius 1 is 1.32 bits per heavy atom. The number of aromatic nitrogens is 1. The van der Waals surface area contributed by atoms with E-state index in [4.69, 9.17) is 9.15 Å². The lowest BCUT2D eigenvalue weighted by Gasteiger charge is -2.26. The van der Waals surface area contributed by atoms with E-state index in [0.29, 0.717) is 12.4 Å². The number of nitrogens with one attached hydrogen (secondary N) is 1. The Morgan fingerprint density at radius 2 is 2.11 bits per heavy atom. The fraction of sp³-hybridized carbons (Fsp3) is 0.400. The third-order valence-electron chi connectivity index (χ3n) is 3.42. The molecule has 3 rings (SSSR count). The lowest BCUT2D eigenvalue weighted by Crippen LogP contribution is -2.38. The van der Waals surface area contributed by atoms with Gasteiger partial charge in [0, 0.05) is 5.56 Å². The lowest BCUT2D eigenvalue weighted by molar-refractivity contribution is 0.0947. The van der Waals surface area contributed by atoms with Crippen LogP contribution in [0.1, 0.15) is 37.1 Å². The van der Waals surface area contributed by atoms with Crippen LogP contribution < -0.4 is 10.1 Å². The van der Waals surface area contributed by atoms with Gasteiger partial charge in [0.2, 0.25) is 5.89 Å². The second-order valence-corrected chi connectivity index (χ2v) is 5.42. The molecule has 1 aliphatic heterocycles. The van der Waals surface area contributed by atoms with Gasteiger partial charge in [0.05, 0.1) is 18.8 Å². The molecule has 1 aliphatic rings. The summed E-state index contributed by atoms with van der Waals surface area (Å²) in [6.45, 7) is 6.67. The number of fused-ring (bicyclic) bond motifs is 1. The second kappa shape index (κ2) is 4.38. The average molecular weight is 258 g/mol. The molecular weight excluding hydrogens is 240 g/mol. The van der Waals surface area contributed by atoms with Crippen LogP contribution in [0, 0.1) is 6.92 Å². The van der Waals surface area contributed by atoms with Gasteiger partial charge in [-0.05, 0) is 26.8 Å². The number of para-hydroxylation sites is 1. The van der Waals surface area contributed by atoms with Gasteiger partial charge in [0.1, 0.15) is 17.1 Å². The fourth-order valence-electron chi connectivity index (χ4n) is 2.56. The molecule has 2 heterocycles.